The summed E-state index contributed by atoms with van der Waals surface area (Å²) in [6.45, 7) is 5.46. The summed E-state index contributed by atoms with van der Waals surface area (Å²) >= 11 is -2.52. The molecule has 2 aromatic carbocycles. The van der Waals surface area contributed by atoms with Gasteiger partial charge in [0.25, 0.3) is 0 Å². The molecule has 2 aromatic rings. The van der Waals surface area contributed by atoms with Crippen LogP contribution in [0, 0.1) is 0 Å². The molecule has 0 aliphatic carbocycles. The van der Waals surface area contributed by atoms with Gasteiger partial charge in [-0.25, -0.2) is 0 Å². The third-order valence-electron chi connectivity index (χ3n) is 6.54. The molecular formula is C23H32NO2PSn. The first-order valence-corrected chi connectivity index (χ1v) is 22.2. The average Bonchev–Trinajstić information content (AvgIpc) is 2.94. The van der Waals surface area contributed by atoms with Crippen LogP contribution in [-0.4, -0.2) is 35.0 Å². The van der Waals surface area contributed by atoms with E-state index in [0.29, 0.717) is 0 Å². The van der Waals surface area contributed by atoms with Gasteiger partial charge in [0.2, 0.25) is 0 Å². The number of hydrogen-bond acceptors (Lipinski definition) is 2. The minimum atomic E-state index is -3.44. The number of carbonyl (C=O) groups is 1. The summed E-state index contributed by atoms with van der Waals surface area (Å²) in [5, 5.41) is 5.64. The molecule has 28 heavy (non-hydrogen) atoms. The van der Waals surface area contributed by atoms with Crippen molar-refractivity contribution in [3.63, 3.8) is 0 Å². The molecule has 1 spiro atoms. The van der Waals surface area contributed by atoms with Crippen LogP contribution >= 0.6 is 6.98 Å². The predicted molar refractivity (Wildman–Crippen MR) is 123 cm³/mol. The van der Waals surface area contributed by atoms with Crippen LogP contribution in [0.2, 0.25) is 14.8 Å². The maximum atomic E-state index is 13.6. The zero-order chi connectivity index (χ0) is 20.6. The van der Waals surface area contributed by atoms with E-state index in [1.165, 1.54) is 3.58 Å². The third-order valence-corrected chi connectivity index (χ3v) is 18.9. The Kier molecular flexibility index (Phi) is 4.24. The Morgan fingerprint density at radius 3 is 2.14 bits per heavy atom. The number of hydrogen-bond donors (Lipinski definition) is 1. The Balaban J connectivity index is 2.19. The first-order chi connectivity index (χ1) is 12.8. The van der Waals surface area contributed by atoms with E-state index in [0.717, 1.165) is 22.6 Å². The summed E-state index contributed by atoms with van der Waals surface area (Å²) < 4.78 is 8.47. The Morgan fingerprint density at radius 2 is 1.61 bits per heavy atom. The van der Waals surface area contributed by atoms with Crippen molar-refractivity contribution in [2.24, 2.45) is 0 Å². The van der Waals surface area contributed by atoms with Crippen LogP contribution in [0.1, 0.15) is 44.5 Å². The van der Waals surface area contributed by atoms with Crippen LogP contribution in [0.25, 0.3) is 0 Å². The Morgan fingerprint density at radius 1 is 0.964 bits per heavy atom. The van der Waals surface area contributed by atoms with Crippen LogP contribution in [0.15, 0.2) is 48.5 Å². The molecule has 1 fully saturated rings. The number of carbonyl (C=O) groups excluding carboxylic acids is 1. The molecule has 1 N–H and O–H groups in total. The predicted octanol–water partition coefficient (Wildman–Crippen LogP) is 4.29. The standard InChI is InChI=1S/C20H23NO2P.3CH3.Sn/c1-19(2)14-20(3,4)24(23-19,15-10-6-5-7-11-15)17-13-9-8-12-16(17)18(22)21-24;;;;/h5-11,13H,14H2,1-4H3,(H,21,22);3*1H3;. The van der Waals surface area contributed by atoms with E-state index < -0.39 is 25.4 Å². The van der Waals surface area contributed by atoms with E-state index in [1.54, 1.807) is 0 Å². The molecule has 4 rings (SSSR count). The number of nitrogens with one attached hydrogen (secondary N) is 1. The SMILES string of the molecule is CC1(C)CC(C)(C)P2(c3ccccc3)(NC(=O)c3[c]([Sn]([CH3])([CH3])[CH3])cccc32)O1. The van der Waals surface area contributed by atoms with E-state index >= 15 is 0 Å². The van der Waals surface area contributed by atoms with Crippen molar-refractivity contribution in [2.45, 2.75) is 59.7 Å². The summed E-state index contributed by atoms with van der Waals surface area (Å²) in [6.07, 6.45) is 0.898. The Labute approximate surface area is 173 Å². The quantitative estimate of drug-likeness (QED) is 0.490. The van der Waals surface area contributed by atoms with Gasteiger partial charge in [-0.15, -0.1) is 0 Å². The normalized spacial score (nSPS) is 25.0. The molecule has 0 radical (unpaired) electrons. The van der Waals surface area contributed by atoms with Gasteiger partial charge in [-0.1, -0.05) is 0 Å². The van der Waals surface area contributed by atoms with E-state index in [9.17, 15) is 4.79 Å². The summed E-state index contributed by atoms with van der Waals surface area (Å²) in [5.74, 6) is 0.0597. The average molecular weight is 504 g/mol. The fourth-order valence-electron chi connectivity index (χ4n) is 5.78. The number of amides is 1. The molecule has 2 heterocycles. The molecule has 2 aliphatic heterocycles. The van der Waals surface area contributed by atoms with E-state index in [-0.39, 0.29) is 16.7 Å². The molecule has 0 atom stereocenters. The van der Waals surface area contributed by atoms with Gasteiger partial charge < -0.3 is 0 Å². The van der Waals surface area contributed by atoms with Crippen molar-refractivity contribution in [1.29, 1.82) is 0 Å². The van der Waals surface area contributed by atoms with Crippen molar-refractivity contribution >= 4 is 45.5 Å². The Hall–Kier alpha value is -0.901. The van der Waals surface area contributed by atoms with Gasteiger partial charge in [0.1, 0.15) is 0 Å². The van der Waals surface area contributed by atoms with Gasteiger partial charge in [-0.2, -0.15) is 0 Å². The third kappa shape index (κ3) is 2.39. The van der Waals surface area contributed by atoms with Crippen molar-refractivity contribution in [3.05, 3.63) is 54.1 Å². The summed E-state index contributed by atoms with van der Waals surface area (Å²) in [6, 6.07) is 17.0. The molecule has 1 amide bonds. The maximum absolute atomic E-state index is 13.6. The van der Waals surface area contributed by atoms with Crippen LogP contribution in [0.4, 0.5) is 0 Å². The van der Waals surface area contributed by atoms with Gasteiger partial charge in [0, 0.05) is 0 Å². The molecule has 0 saturated carbocycles. The molecule has 3 nitrogen and oxygen atoms in total. The van der Waals surface area contributed by atoms with Crippen LogP contribution in [0.5, 0.6) is 0 Å². The van der Waals surface area contributed by atoms with Crippen molar-refractivity contribution in [2.75, 3.05) is 0 Å². The van der Waals surface area contributed by atoms with Crippen LogP contribution in [-0.2, 0) is 4.52 Å². The molecular weight excluding hydrogens is 472 g/mol. The van der Waals surface area contributed by atoms with Crippen molar-refractivity contribution in [3.8, 4) is 0 Å². The summed E-state index contributed by atoms with van der Waals surface area (Å²) in [5.41, 5.74) is 0.602. The fraction of sp³-hybridized carbons (Fsp3) is 0.435. The van der Waals surface area contributed by atoms with E-state index in [4.69, 9.17) is 4.52 Å². The first kappa shape index (κ1) is 20.4. The first-order valence-electron chi connectivity index (χ1n) is 10.1. The number of rotatable bonds is 2. The fourth-order valence-corrected chi connectivity index (χ4v) is 17.3. The molecule has 5 heteroatoms. The molecule has 0 unspecified atom stereocenters. The van der Waals surface area contributed by atoms with Crippen molar-refractivity contribution in [1.82, 2.24) is 5.09 Å². The number of fused-ring (bicyclic) bond motifs is 2. The zero-order valence-electron chi connectivity index (χ0n) is 18.1. The van der Waals surface area contributed by atoms with Crippen LogP contribution < -0.4 is 19.3 Å². The summed E-state index contributed by atoms with van der Waals surface area (Å²) in [7, 11) is 0. The molecule has 150 valence electrons. The molecule has 0 aromatic heterocycles. The minimum absolute atomic E-state index is 0.0597. The zero-order valence-corrected chi connectivity index (χ0v) is 21.8. The number of benzene rings is 2. The summed E-state index contributed by atoms with van der Waals surface area (Å²) in [4.78, 5) is 20.8. The van der Waals surface area contributed by atoms with Gasteiger partial charge >= 0.3 is 174 Å². The van der Waals surface area contributed by atoms with Crippen molar-refractivity contribution < 1.29 is 9.32 Å². The van der Waals surface area contributed by atoms with E-state index in [1.807, 2.05) is 6.07 Å². The van der Waals surface area contributed by atoms with Crippen LogP contribution in [0.3, 0.4) is 0 Å². The second-order valence-corrected chi connectivity index (χ2v) is 29.7. The van der Waals surface area contributed by atoms with Gasteiger partial charge in [-0.3, -0.25) is 0 Å². The monoisotopic (exact) mass is 505 g/mol. The second-order valence-electron chi connectivity index (χ2n) is 10.6. The molecule has 2 aliphatic rings. The van der Waals surface area contributed by atoms with E-state index in [2.05, 4.69) is 90.1 Å². The van der Waals surface area contributed by atoms with Gasteiger partial charge in [0.05, 0.1) is 0 Å². The van der Waals surface area contributed by atoms with Gasteiger partial charge in [0.15, 0.2) is 0 Å². The Bertz CT molecular complexity index is 980. The molecule has 1 saturated heterocycles. The van der Waals surface area contributed by atoms with Gasteiger partial charge in [-0.05, 0) is 0 Å². The topological polar surface area (TPSA) is 38.3 Å². The second kappa shape index (κ2) is 5.83. The molecule has 0 bridgehead atoms.